The Morgan fingerprint density at radius 3 is 2.26 bits per heavy atom. The molecule has 1 amide bonds. The summed E-state index contributed by atoms with van der Waals surface area (Å²) in [6.07, 6.45) is 0.356. The van der Waals surface area contributed by atoms with Crippen LogP contribution in [0.15, 0.2) is 53.4 Å². The van der Waals surface area contributed by atoms with Gasteiger partial charge in [-0.2, -0.15) is 5.26 Å². The molecule has 0 aliphatic carbocycles. The zero-order chi connectivity index (χ0) is 20.2. The van der Waals surface area contributed by atoms with E-state index >= 15 is 0 Å². The van der Waals surface area contributed by atoms with E-state index in [1.807, 2.05) is 19.9 Å². The van der Waals surface area contributed by atoms with Crippen molar-refractivity contribution in [3.63, 3.8) is 0 Å². The summed E-state index contributed by atoms with van der Waals surface area (Å²) in [7, 11) is -3.30. The minimum Gasteiger partial charge on any atom is -0.481 e. The summed E-state index contributed by atoms with van der Waals surface area (Å²) < 4.78 is 29.0. The SMILES string of the molecule is CC(Oc1cccc(C#N)c1)C(=O)N(c1ccc(S(C)(=O)=O)cc1)C(C)C. The lowest BCUT2D eigenvalue weighted by Crippen LogP contribution is -2.44. The minimum absolute atomic E-state index is 0.155. The Kier molecular flexibility index (Phi) is 6.24. The van der Waals surface area contributed by atoms with E-state index in [1.54, 1.807) is 48.2 Å². The highest BCUT2D eigenvalue weighted by atomic mass is 32.2. The van der Waals surface area contributed by atoms with Crippen LogP contribution in [0.4, 0.5) is 5.69 Å². The molecule has 0 fully saturated rings. The fourth-order valence-corrected chi connectivity index (χ4v) is 3.25. The summed E-state index contributed by atoms with van der Waals surface area (Å²) in [4.78, 5) is 14.7. The maximum absolute atomic E-state index is 12.9. The van der Waals surface area contributed by atoms with Gasteiger partial charge in [-0.25, -0.2) is 8.42 Å². The zero-order valence-corrected chi connectivity index (χ0v) is 16.5. The van der Waals surface area contributed by atoms with Crippen molar-refractivity contribution in [2.24, 2.45) is 0 Å². The van der Waals surface area contributed by atoms with Gasteiger partial charge in [-0.1, -0.05) is 6.07 Å². The fourth-order valence-electron chi connectivity index (χ4n) is 2.62. The molecule has 0 N–H and O–H groups in total. The van der Waals surface area contributed by atoms with Crippen molar-refractivity contribution < 1.29 is 17.9 Å². The van der Waals surface area contributed by atoms with Gasteiger partial charge in [0.15, 0.2) is 15.9 Å². The first-order valence-electron chi connectivity index (χ1n) is 8.43. The molecule has 0 aliphatic heterocycles. The Bertz CT molecular complexity index is 960. The van der Waals surface area contributed by atoms with Gasteiger partial charge in [-0.15, -0.1) is 0 Å². The maximum Gasteiger partial charge on any atom is 0.267 e. The second-order valence-electron chi connectivity index (χ2n) is 6.47. The molecule has 142 valence electrons. The molecule has 0 radical (unpaired) electrons. The summed E-state index contributed by atoms with van der Waals surface area (Å²) in [5, 5.41) is 8.97. The van der Waals surface area contributed by atoms with Crippen LogP contribution in [0.25, 0.3) is 0 Å². The largest absolute Gasteiger partial charge is 0.481 e. The Labute approximate surface area is 159 Å². The molecule has 1 unspecified atom stereocenters. The fraction of sp³-hybridized carbons (Fsp3) is 0.300. The molecule has 27 heavy (non-hydrogen) atoms. The number of carbonyl (C=O) groups is 1. The van der Waals surface area contributed by atoms with E-state index in [0.29, 0.717) is 17.0 Å². The van der Waals surface area contributed by atoms with Crippen molar-refractivity contribution in [2.45, 2.75) is 37.8 Å². The molecule has 2 rings (SSSR count). The van der Waals surface area contributed by atoms with E-state index < -0.39 is 15.9 Å². The van der Waals surface area contributed by atoms with Gasteiger partial charge in [0, 0.05) is 18.0 Å². The molecule has 0 aliphatic rings. The number of anilines is 1. The highest BCUT2D eigenvalue weighted by molar-refractivity contribution is 7.90. The second kappa shape index (κ2) is 8.23. The number of amides is 1. The van der Waals surface area contributed by atoms with Crippen LogP contribution < -0.4 is 9.64 Å². The lowest BCUT2D eigenvalue weighted by molar-refractivity contribution is -0.125. The van der Waals surface area contributed by atoms with Crippen molar-refractivity contribution in [2.75, 3.05) is 11.2 Å². The third-order valence-electron chi connectivity index (χ3n) is 3.92. The van der Waals surface area contributed by atoms with Crippen LogP contribution in [0, 0.1) is 11.3 Å². The highest BCUT2D eigenvalue weighted by Gasteiger charge is 2.26. The Morgan fingerprint density at radius 1 is 1.11 bits per heavy atom. The number of nitriles is 1. The number of hydrogen-bond donors (Lipinski definition) is 0. The lowest BCUT2D eigenvalue weighted by Gasteiger charge is -2.29. The molecule has 0 saturated heterocycles. The molecule has 1 atom stereocenters. The van der Waals surface area contributed by atoms with E-state index in [4.69, 9.17) is 10.00 Å². The number of hydrogen-bond acceptors (Lipinski definition) is 5. The van der Waals surface area contributed by atoms with Gasteiger partial charge in [-0.3, -0.25) is 4.79 Å². The zero-order valence-electron chi connectivity index (χ0n) is 15.7. The van der Waals surface area contributed by atoms with Gasteiger partial charge in [0.05, 0.1) is 16.5 Å². The van der Waals surface area contributed by atoms with Crippen LogP contribution in [0.1, 0.15) is 26.3 Å². The minimum atomic E-state index is -3.30. The first kappa shape index (κ1) is 20.5. The van der Waals surface area contributed by atoms with Crippen molar-refractivity contribution in [1.29, 1.82) is 5.26 Å². The summed E-state index contributed by atoms with van der Waals surface area (Å²) in [5.41, 5.74) is 1.04. The average molecular weight is 386 g/mol. The number of rotatable bonds is 6. The molecule has 0 heterocycles. The first-order valence-corrected chi connectivity index (χ1v) is 10.3. The van der Waals surface area contributed by atoms with E-state index in [0.717, 1.165) is 6.26 Å². The standard InChI is InChI=1S/C20H22N2O4S/c1-14(2)22(17-8-10-19(11-9-17)27(4,24)25)20(23)15(3)26-18-7-5-6-16(12-18)13-21/h5-12,14-15H,1-4H3. The molecule has 2 aromatic rings. The normalized spacial score (nSPS) is 12.3. The molecule has 7 heteroatoms. The summed E-state index contributed by atoms with van der Waals surface area (Å²) in [6, 6.07) is 14.7. The van der Waals surface area contributed by atoms with Gasteiger partial charge in [-0.05, 0) is 63.2 Å². The van der Waals surface area contributed by atoms with E-state index in [9.17, 15) is 13.2 Å². The number of carbonyl (C=O) groups excluding carboxylic acids is 1. The summed E-state index contributed by atoms with van der Waals surface area (Å²) >= 11 is 0. The molecule has 2 aromatic carbocycles. The molecule has 0 spiro atoms. The summed E-state index contributed by atoms with van der Waals surface area (Å²) in [6.45, 7) is 5.37. The van der Waals surface area contributed by atoms with Crippen molar-refractivity contribution >= 4 is 21.4 Å². The van der Waals surface area contributed by atoms with Gasteiger partial charge in [0.2, 0.25) is 0 Å². The molecule has 0 saturated carbocycles. The Hall–Kier alpha value is -2.85. The van der Waals surface area contributed by atoms with Gasteiger partial charge in [0.25, 0.3) is 5.91 Å². The van der Waals surface area contributed by atoms with Gasteiger partial charge >= 0.3 is 0 Å². The third kappa shape index (κ3) is 5.08. The van der Waals surface area contributed by atoms with Gasteiger partial charge in [0.1, 0.15) is 5.75 Å². The van der Waals surface area contributed by atoms with Crippen LogP contribution in [0.2, 0.25) is 0 Å². The predicted molar refractivity (Wildman–Crippen MR) is 103 cm³/mol. The van der Waals surface area contributed by atoms with Crippen LogP contribution >= 0.6 is 0 Å². The number of benzene rings is 2. The molecule has 0 bridgehead atoms. The second-order valence-corrected chi connectivity index (χ2v) is 8.48. The van der Waals surface area contributed by atoms with Crippen LogP contribution in [0.5, 0.6) is 5.75 Å². The number of ether oxygens (including phenoxy) is 1. The third-order valence-corrected chi connectivity index (χ3v) is 5.05. The quantitative estimate of drug-likeness (QED) is 0.761. The average Bonchev–Trinajstić information content (AvgIpc) is 2.61. The van der Waals surface area contributed by atoms with E-state index in [-0.39, 0.29) is 16.8 Å². The monoisotopic (exact) mass is 386 g/mol. The molecular weight excluding hydrogens is 364 g/mol. The van der Waals surface area contributed by atoms with Crippen molar-refractivity contribution in [3.8, 4) is 11.8 Å². The topological polar surface area (TPSA) is 87.5 Å². The van der Waals surface area contributed by atoms with Crippen molar-refractivity contribution in [1.82, 2.24) is 0 Å². The molecule has 0 aromatic heterocycles. The summed E-state index contributed by atoms with van der Waals surface area (Å²) in [5.74, 6) is 0.172. The van der Waals surface area contributed by atoms with E-state index in [1.165, 1.54) is 12.1 Å². The van der Waals surface area contributed by atoms with Gasteiger partial charge < -0.3 is 9.64 Å². The number of sulfone groups is 1. The first-order chi connectivity index (χ1) is 12.6. The Morgan fingerprint density at radius 2 is 1.74 bits per heavy atom. The van der Waals surface area contributed by atoms with Crippen LogP contribution in [-0.4, -0.2) is 32.7 Å². The predicted octanol–water partition coefficient (Wildman–Crippen LogP) is 3.17. The Balaban J connectivity index is 2.25. The maximum atomic E-state index is 12.9. The van der Waals surface area contributed by atoms with Crippen LogP contribution in [-0.2, 0) is 14.6 Å². The molecule has 6 nitrogen and oxygen atoms in total. The molecular formula is C20H22N2O4S. The smallest absolute Gasteiger partial charge is 0.267 e. The van der Waals surface area contributed by atoms with Crippen LogP contribution in [0.3, 0.4) is 0 Å². The lowest BCUT2D eigenvalue weighted by atomic mass is 10.2. The number of nitrogens with zero attached hydrogens (tertiary/aromatic N) is 2. The van der Waals surface area contributed by atoms with E-state index in [2.05, 4.69) is 0 Å². The highest BCUT2D eigenvalue weighted by Crippen LogP contribution is 2.23. The van der Waals surface area contributed by atoms with Crippen molar-refractivity contribution in [3.05, 3.63) is 54.1 Å².